The second kappa shape index (κ2) is 10.5. The topological polar surface area (TPSA) is 73.2 Å². The summed E-state index contributed by atoms with van der Waals surface area (Å²) < 4.78 is 47.8. The van der Waals surface area contributed by atoms with Crippen molar-refractivity contribution in [2.24, 2.45) is 11.8 Å². The maximum Gasteiger partial charge on any atom is 0.416 e. The Labute approximate surface area is 217 Å². The van der Waals surface area contributed by atoms with E-state index in [4.69, 9.17) is 4.74 Å². The molecule has 1 amide bonds. The molecule has 2 aromatic carbocycles. The van der Waals surface area contributed by atoms with Gasteiger partial charge in [-0.25, -0.2) is 0 Å². The molecule has 0 bridgehead atoms. The summed E-state index contributed by atoms with van der Waals surface area (Å²) in [5, 5.41) is 5.17. The van der Waals surface area contributed by atoms with Crippen LogP contribution in [-0.2, 0) is 22.3 Å². The number of rotatable bonds is 6. The molecular formula is C29H28F3N3O3. The highest BCUT2D eigenvalue weighted by molar-refractivity contribution is 6.06. The van der Waals surface area contributed by atoms with Crippen LogP contribution in [0.15, 0.2) is 61.1 Å². The molecule has 5 rings (SSSR count). The van der Waals surface area contributed by atoms with Crippen molar-refractivity contribution in [2.75, 3.05) is 13.7 Å². The molecular weight excluding hydrogens is 495 g/mol. The molecule has 0 spiro atoms. The zero-order valence-electron chi connectivity index (χ0n) is 20.9. The van der Waals surface area contributed by atoms with Crippen LogP contribution in [0.25, 0.3) is 21.7 Å². The molecule has 0 aliphatic heterocycles. The van der Waals surface area contributed by atoms with Gasteiger partial charge < -0.3 is 14.6 Å². The molecule has 38 heavy (non-hydrogen) atoms. The number of nitrogens with zero attached hydrogens (tertiary/aromatic N) is 2. The molecule has 9 heteroatoms. The summed E-state index contributed by atoms with van der Waals surface area (Å²) in [4.78, 5) is 29.3. The number of fused-ring (bicyclic) bond motifs is 2. The smallest absolute Gasteiger partial charge is 0.416 e. The summed E-state index contributed by atoms with van der Waals surface area (Å²) in [6.07, 6.45) is 3.42. The zero-order valence-corrected chi connectivity index (χ0v) is 20.9. The lowest BCUT2D eigenvalue weighted by Crippen LogP contribution is -2.33. The monoisotopic (exact) mass is 523 g/mol. The molecule has 198 valence electrons. The molecule has 2 aromatic heterocycles. The number of nitrogens with one attached hydrogen (secondary N) is 1. The molecule has 1 aliphatic rings. The predicted molar refractivity (Wildman–Crippen MR) is 138 cm³/mol. The molecule has 1 aliphatic carbocycles. The normalized spacial score (nSPS) is 18.0. The number of hydrogen-bond donors (Lipinski definition) is 1. The number of alkyl halides is 3. The third kappa shape index (κ3) is 5.23. The van der Waals surface area contributed by atoms with Crippen LogP contribution in [0.5, 0.6) is 0 Å². The fraction of sp³-hybridized carbons (Fsp3) is 0.345. The number of aromatic nitrogens is 2. The van der Waals surface area contributed by atoms with Crippen LogP contribution in [-0.4, -0.2) is 35.1 Å². The Morgan fingerprint density at radius 3 is 2.61 bits per heavy atom. The van der Waals surface area contributed by atoms with Crippen LogP contribution >= 0.6 is 0 Å². The van der Waals surface area contributed by atoms with Gasteiger partial charge in [0.15, 0.2) is 0 Å². The molecule has 0 unspecified atom stereocenters. The molecule has 1 fully saturated rings. The van der Waals surface area contributed by atoms with Gasteiger partial charge in [0.2, 0.25) is 0 Å². The first kappa shape index (κ1) is 25.8. The Morgan fingerprint density at radius 1 is 1.08 bits per heavy atom. The molecule has 0 atom stereocenters. The lowest BCUT2D eigenvalue weighted by atomic mass is 9.82. The molecule has 1 saturated carbocycles. The van der Waals surface area contributed by atoms with Gasteiger partial charge >= 0.3 is 12.1 Å². The predicted octanol–water partition coefficient (Wildman–Crippen LogP) is 5.97. The summed E-state index contributed by atoms with van der Waals surface area (Å²) >= 11 is 0. The van der Waals surface area contributed by atoms with Gasteiger partial charge in [-0.05, 0) is 66.8 Å². The van der Waals surface area contributed by atoms with E-state index in [1.54, 1.807) is 24.7 Å². The zero-order chi connectivity index (χ0) is 26.9. The lowest BCUT2D eigenvalue weighted by molar-refractivity contribution is -0.146. The van der Waals surface area contributed by atoms with Crippen LogP contribution in [0.1, 0.15) is 47.2 Å². The average Bonchev–Trinajstić information content (AvgIpc) is 3.33. The maximum absolute atomic E-state index is 13.7. The summed E-state index contributed by atoms with van der Waals surface area (Å²) in [5.74, 6) is -0.749. The van der Waals surface area contributed by atoms with Gasteiger partial charge in [0.1, 0.15) is 0 Å². The number of pyridine rings is 1. The number of benzene rings is 2. The molecule has 6 nitrogen and oxygen atoms in total. The van der Waals surface area contributed by atoms with Crippen molar-refractivity contribution in [1.82, 2.24) is 14.9 Å². The minimum Gasteiger partial charge on any atom is -0.469 e. The lowest BCUT2D eigenvalue weighted by Gasteiger charge is -2.27. The average molecular weight is 524 g/mol. The van der Waals surface area contributed by atoms with Crippen molar-refractivity contribution in [3.05, 3.63) is 77.7 Å². The van der Waals surface area contributed by atoms with E-state index in [9.17, 15) is 22.8 Å². The Kier molecular flexibility index (Phi) is 7.10. The summed E-state index contributed by atoms with van der Waals surface area (Å²) in [6, 6.07) is 11.4. The SMILES string of the molecule is COC(=O)[C@H]1CC[C@H](CNC(=O)c2cc(C(F)(F)F)cc3ccn(Cc4cccc5cnccc45)c23)CC1. The molecule has 4 aromatic rings. The number of amides is 1. The van der Waals surface area contributed by atoms with Crippen molar-refractivity contribution >= 4 is 33.6 Å². The van der Waals surface area contributed by atoms with E-state index in [1.165, 1.54) is 7.11 Å². The van der Waals surface area contributed by atoms with Crippen molar-refractivity contribution in [1.29, 1.82) is 0 Å². The third-order valence-corrected chi connectivity index (χ3v) is 7.48. The Balaban J connectivity index is 1.43. The Bertz CT molecular complexity index is 1480. The number of esters is 1. The highest BCUT2D eigenvalue weighted by Gasteiger charge is 2.33. The quantitative estimate of drug-likeness (QED) is 0.316. The number of carbonyl (C=O) groups is 2. The van der Waals surface area contributed by atoms with E-state index in [2.05, 4.69) is 10.3 Å². The largest absolute Gasteiger partial charge is 0.469 e. The second-order valence-electron chi connectivity index (χ2n) is 9.87. The first-order valence-electron chi connectivity index (χ1n) is 12.6. The van der Waals surface area contributed by atoms with E-state index >= 15 is 0 Å². The van der Waals surface area contributed by atoms with Crippen LogP contribution in [0.4, 0.5) is 13.2 Å². The molecule has 0 saturated heterocycles. The van der Waals surface area contributed by atoms with Gasteiger partial charge in [0, 0.05) is 42.5 Å². The van der Waals surface area contributed by atoms with Crippen molar-refractivity contribution in [3.8, 4) is 0 Å². The van der Waals surface area contributed by atoms with Gasteiger partial charge in [0.25, 0.3) is 5.91 Å². The first-order valence-corrected chi connectivity index (χ1v) is 12.6. The van der Waals surface area contributed by atoms with Crippen molar-refractivity contribution in [3.63, 3.8) is 0 Å². The minimum atomic E-state index is -4.58. The van der Waals surface area contributed by atoms with Crippen LogP contribution in [0, 0.1) is 11.8 Å². The number of methoxy groups -OCH3 is 1. The number of halogens is 3. The fourth-order valence-corrected chi connectivity index (χ4v) is 5.43. The van der Waals surface area contributed by atoms with Gasteiger partial charge in [-0.15, -0.1) is 0 Å². The van der Waals surface area contributed by atoms with Crippen LogP contribution in [0.3, 0.4) is 0 Å². The van der Waals surface area contributed by atoms with Crippen molar-refractivity contribution in [2.45, 2.75) is 38.4 Å². The van der Waals surface area contributed by atoms with Gasteiger partial charge in [-0.1, -0.05) is 18.2 Å². The van der Waals surface area contributed by atoms with Gasteiger partial charge in [0.05, 0.1) is 29.7 Å². The summed E-state index contributed by atoms with van der Waals surface area (Å²) in [7, 11) is 1.37. The van der Waals surface area contributed by atoms with E-state index in [1.807, 2.05) is 28.8 Å². The standard InChI is InChI=1S/C29H28F3N3O3/c1-38-28(37)19-7-5-18(6-8-19)15-34-27(36)25-14-23(29(30,31)32)13-20-10-12-35(26(20)25)17-22-4-2-3-21-16-33-11-9-24(21)22/h2-4,9-14,16,18-19H,5-8,15,17H2,1H3,(H,34,36)/t18-,19-. The van der Waals surface area contributed by atoms with E-state index in [0.717, 1.165) is 41.3 Å². The number of ether oxygens (including phenoxy) is 1. The molecule has 0 radical (unpaired) electrons. The Morgan fingerprint density at radius 2 is 1.87 bits per heavy atom. The van der Waals surface area contributed by atoms with Crippen LogP contribution in [0.2, 0.25) is 0 Å². The van der Waals surface area contributed by atoms with Gasteiger partial charge in [-0.2, -0.15) is 13.2 Å². The minimum absolute atomic E-state index is 0.00928. The van der Waals surface area contributed by atoms with Gasteiger partial charge in [-0.3, -0.25) is 14.6 Å². The van der Waals surface area contributed by atoms with E-state index in [0.29, 0.717) is 36.8 Å². The summed E-state index contributed by atoms with van der Waals surface area (Å²) in [5.41, 5.74) is 0.555. The Hall–Kier alpha value is -3.88. The summed E-state index contributed by atoms with van der Waals surface area (Å²) in [6.45, 7) is 0.718. The number of carbonyl (C=O) groups excluding carboxylic acids is 2. The molecule has 2 heterocycles. The second-order valence-corrected chi connectivity index (χ2v) is 9.87. The molecule has 1 N–H and O–H groups in total. The first-order chi connectivity index (χ1) is 18.2. The third-order valence-electron chi connectivity index (χ3n) is 7.48. The van der Waals surface area contributed by atoms with Crippen LogP contribution < -0.4 is 5.32 Å². The fourth-order valence-electron chi connectivity index (χ4n) is 5.43. The maximum atomic E-state index is 13.7. The highest BCUT2D eigenvalue weighted by Crippen LogP contribution is 2.35. The highest BCUT2D eigenvalue weighted by atomic mass is 19.4. The van der Waals surface area contributed by atoms with E-state index < -0.39 is 17.6 Å². The van der Waals surface area contributed by atoms with E-state index in [-0.39, 0.29) is 23.4 Å². The van der Waals surface area contributed by atoms with Crippen molar-refractivity contribution < 1.29 is 27.5 Å². The number of hydrogen-bond acceptors (Lipinski definition) is 4.